The molecule has 4 aromatic heterocycles. The van der Waals surface area contributed by atoms with Gasteiger partial charge in [-0.15, -0.1) is 11.3 Å². The van der Waals surface area contributed by atoms with Crippen molar-refractivity contribution in [3.8, 4) is 33.0 Å². The largest absolute Gasteiger partial charge is 0.353 e. The lowest BCUT2D eigenvalue weighted by Gasteiger charge is -2.08. The second-order valence-electron chi connectivity index (χ2n) is 9.17. The van der Waals surface area contributed by atoms with Crippen LogP contribution in [0.15, 0.2) is 103 Å². The number of pyridine rings is 1. The quantitative estimate of drug-likeness (QED) is 0.212. The molecule has 39 heavy (non-hydrogen) atoms. The molecule has 0 fully saturated rings. The first-order valence-corrected chi connectivity index (χ1v) is 13.1. The number of carbonyl (C=O) groups is 1. The molecule has 0 bridgehead atoms. The molecule has 3 N–H and O–H groups in total. The fraction of sp³-hybridized carbons (Fsp3) is 0. The normalized spacial score (nSPS) is 11.3. The molecule has 1 amide bonds. The van der Waals surface area contributed by atoms with Crippen molar-refractivity contribution >= 4 is 44.7 Å². The monoisotopic (exact) mass is 529 g/mol. The summed E-state index contributed by atoms with van der Waals surface area (Å²) < 4.78 is 13.7. The van der Waals surface area contributed by atoms with Crippen LogP contribution in [0, 0.1) is 5.13 Å². The van der Waals surface area contributed by atoms with Gasteiger partial charge in [-0.1, -0.05) is 36.4 Å². The molecule has 0 aliphatic carbocycles. The number of aromatic nitrogens is 4. The van der Waals surface area contributed by atoms with Crippen molar-refractivity contribution in [2.24, 2.45) is 0 Å². The SMILES string of the molecule is O=C(Nc1cncc(-c2ccc3[nH]nc(-c4cc5c(-c6ccc(F)s6)cccc5[nH]4)c3c2)c1)c1ccccc1. The highest BCUT2D eigenvalue weighted by Gasteiger charge is 2.15. The molecule has 3 aromatic carbocycles. The second-order valence-corrected chi connectivity index (χ2v) is 10.2. The summed E-state index contributed by atoms with van der Waals surface area (Å²) in [5, 5.41) is 12.4. The third kappa shape index (κ3) is 4.26. The van der Waals surface area contributed by atoms with E-state index in [0.29, 0.717) is 11.3 Å². The average molecular weight is 530 g/mol. The molecule has 6 nitrogen and oxygen atoms in total. The number of hydrogen-bond donors (Lipinski definition) is 3. The van der Waals surface area contributed by atoms with Crippen molar-refractivity contribution in [3.63, 3.8) is 0 Å². The molecular formula is C31H20FN5OS. The van der Waals surface area contributed by atoms with Gasteiger partial charge >= 0.3 is 0 Å². The Morgan fingerprint density at radius 1 is 0.821 bits per heavy atom. The van der Waals surface area contributed by atoms with Crippen molar-refractivity contribution in [2.75, 3.05) is 5.32 Å². The van der Waals surface area contributed by atoms with Crippen LogP contribution in [0.25, 0.3) is 54.8 Å². The standard InChI is InChI=1S/C31H20FN5OS/c32-29-12-11-28(39-29)22-7-4-8-25-23(22)15-27(35-25)30-24-14-19(9-10-26(24)36-37-30)20-13-21(17-33-16-20)34-31(38)18-5-2-1-3-6-18/h1-17,35H,(H,34,38)(H,36,37). The zero-order valence-corrected chi connectivity index (χ0v) is 21.2. The number of carbonyl (C=O) groups excluding carboxylic acids is 1. The maximum absolute atomic E-state index is 13.7. The zero-order chi connectivity index (χ0) is 26.3. The Morgan fingerprint density at radius 2 is 1.72 bits per heavy atom. The van der Waals surface area contributed by atoms with Crippen LogP contribution in [-0.4, -0.2) is 26.1 Å². The first-order chi connectivity index (χ1) is 19.1. The second kappa shape index (κ2) is 9.34. The van der Waals surface area contributed by atoms with Gasteiger partial charge in [0.2, 0.25) is 0 Å². The van der Waals surface area contributed by atoms with Crippen LogP contribution in [0.3, 0.4) is 0 Å². The van der Waals surface area contributed by atoms with E-state index in [9.17, 15) is 9.18 Å². The predicted octanol–water partition coefficient (Wildman–Crippen LogP) is 7.89. The van der Waals surface area contributed by atoms with Crippen LogP contribution < -0.4 is 5.32 Å². The number of amides is 1. The van der Waals surface area contributed by atoms with Gasteiger partial charge in [0, 0.05) is 44.1 Å². The van der Waals surface area contributed by atoms with Crippen LogP contribution in [-0.2, 0) is 0 Å². The van der Waals surface area contributed by atoms with Gasteiger partial charge in [-0.25, -0.2) is 0 Å². The summed E-state index contributed by atoms with van der Waals surface area (Å²) in [6.45, 7) is 0. The van der Waals surface area contributed by atoms with Crippen LogP contribution in [0.2, 0.25) is 0 Å². The molecule has 0 radical (unpaired) electrons. The maximum atomic E-state index is 13.7. The summed E-state index contributed by atoms with van der Waals surface area (Å²) in [6.07, 6.45) is 3.40. The summed E-state index contributed by atoms with van der Waals surface area (Å²) in [6, 6.07) is 28.4. The molecule has 0 unspecified atom stereocenters. The Kier molecular flexibility index (Phi) is 5.53. The Bertz CT molecular complexity index is 1990. The number of nitrogens with one attached hydrogen (secondary N) is 3. The number of rotatable bonds is 5. The molecule has 0 atom stereocenters. The number of aromatic amines is 2. The van der Waals surface area contributed by atoms with E-state index in [-0.39, 0.29) is 11.0 Å². The van der Waals surface area contributed by atoms with Gasteiger partial charge in [0.1, 0.15) is 5.69 Å². The van der Waals surface area contributed by atoms with Crippen LogP contribution >= 0.6 is 11.3 Å². The topological polar surface area (TPSA) is 86.5 Å². The molecule has 0 saturated heterocycles. The third-order valence-electron chi connectivity index (χ3n) is 6.69. The Morgan fingerprint density at radius 3 is 2.56 bits per heavy atom. The number of fused-ring (bicyclic) bond motifs is 2. The highest BCUT2D eigenvalue weighted by Crippen LogP contribution is 2.37. The number of nitrogens with zero attached hydrogens (tertiary/aromatic N) is 2. The van der Waals surface area contributed by atoms with E-state index in [1.54, 1.807) is 24.5 Å². The third-order valence-corrected chi connectivity index (χ3v) is 7.59. The van der Waals surface area contributed by atoms with E-state index in [2.05, 4.69) is 37.6 Å². The molecule has 0 aliphatic rings. The number of anilines is 1. The highest BCUT2D eigenvalue weighted by molar-refractivity contribution is 7.14. The van der Waals surface area contributed by atoms with Gasteiger partial charge in [-0.3, -0.25) is 14.9 Å². The lowest BCUT2D eigenvalue weighted by atomic mass is 10.0. The highest BCUT2D eigenvalue weighted by atomic mass is 32.1. The van der Waals surface area contributed by atoms with Gasteiger partial charge in [-0.05, 0) is 60.2 Å². The number of hydrogen-bond acceptors (Lipinski definition) is 4. The number of halogens is 1. The summed E-state index contributed by atoms with van der Waals surface area (Å²) in [7, 11) is 0. The molecule has 0 aliphatic heterocycles. The van der Waals surface area contributed by atoms with Gasteiger partial charge in [0.25, 0.3) is 5.91 Å². The predicted molar refractivity (Wildman–Crippen MR) is 154 cm³/mol. The van der Waals surface area contributed by atoms with E-state index >= 15 is 0 Å². The van der Waals surface area contributed by atoms with Crippen LogP contribution in [0.1, 0.15) is 10.4 Å². The van der Waals surface area contributed by atoms with Gasteiger partial charge in [0.15, 0.2) is 5.13 Å². The minimum Gasteiger partial charge on any atom is -0.353 e. The van der Waals surface area contributed by atoms with E-state index in [1.165, 1.54) is 6.07 Å². The molecular weight excluding hydrogens is 509 g/mol. The maximum Gasteiger partial charge on any atom is 0.255 e. The van der Waals surface area contributed by atoms with Crippen molar-refractivity contribution in [1.82, 2.24) is 20.2 Å². The Balaban J connectivity index is 1.25. The number of thiophene rings is 1. The van der Waals surface area contributed by atoms with Crippen molar-refractivity contribution in [2.45, 2.75) is 0 Å². The Labute approximate surface area is 226 Å². The van der Waals surface area contributed by atoms with Gasteiger partial charge < -0.3 is 10.3 Å². The van der Waals surface area contributed by atoms with Crippen molar-refractivity contribution < 1.29 is 9.18 Å². The van der Waals surface area contributed by atoms with Gasteiger partial charge in [0.05, 0.1) is 23.1 Å². The molecule has 8 heteroatoms. The fourth-order valence-corrected chi connectivity index (χ4v) is 5.58. The van der Waals surface area contributed by atoms with Crippen molar-refractivity contribution in [3.05, 3.63) is 114 Å². The average Bonchev–Trinajstić information content (AvgIpc) is 3.71. The molecule has 4 heterocycles. The summed E-state index contributed by atoms with van der Waals surface area (Å²) >= 11 is 1.13. The minimum atomic E-state index is -0.207. The summed E-state index contributed by atoms with van der Waals surface area (Å²) in [5.41, 5.74) is 7.48. The zero-order valence-electron chi connectivity index (χ0n) is 20.4. The van der Waals surface area contributed by atoms with E-state index in [0.717, 1.165) is 66.1 Å². The fourth-order valence-electron chi connectivity index (χ4n) is 4.81. The first-order valence-electron chi connectivity index (χ1n) is 12.3. The lowest BCUT2D eigenvalue weighted by molar-refractivity contribution is 0.102. The van der Waals surface area contributed by atoms with E-state index < -0.39 is 0 Å². The first kappa shape index (κ1) is 23.1. The Hall–Kier alpha value is -5.08. The lowest BCUT2D eigenvalue weighted by Crippen LogP contribution is -2.11. The molecule has 7 rings (SSSR count). The number of benzene rings is 3. The van der Waals surface area contributed by atoms with E-state index in [4.69, 9.17) is 0 Å². The smallest absolute Gasteiger partial charge is 0.255 e. The summed E-state index contributed by atoms with van der Waals surface area (Å²) in [5.74, 6) is -0.189. The van der Waals surface area contributed by atoms with Crippen LogP contribution in [0.4, 0.5) is 10.1 Å². The van der Waals surface area contributed by atoms with Crippen LogP contribution in [0.5, 0.6) is 0 Å². The van der Waals surface area contributed by atoms with Crippen molar-refractivity contribution in [1.29, 1.82) is 0 Å². The van der Waals surface area contributed by atoms with E-state index in [1.807, 2.05) is 60.7 Å². The minimum absolute atomic E-state index is 0.189. The molecule has 188 valence electrons. The molecule has 7 aromatic rings. The molecule has 0 saturated carbocycles. The molecule has 0 spiro atoms. The number of H-pyrrole nitrogens is 2. The van der Waals surface area contributed by atoms with Gasteiger partial charge in [-0.2, -0.15) is 9.49 Å². The summed E-state index contributed by atoms with van der Waals surface area (Å²) in [4.78, 5) is 21.3.